The van der Waals surface area contributed by atoms with Gasteiger partial charge in [-0.1, -0.05) is 12.1 Å². The number of nitrogens with zero attached hydrogens (tertiary/aromatic N) is 2. The van der Waals surface area contributed by atoms with Gasteiger partial charge in [0.15, 0.2) is 0 Å². The summed E-state index contributed by atoms with van der Waals surface area (Å²) in [6.07, 6.45) is 1.96. The molecule has 2 aliphatic rings. The van der Waals surface area contributed by atoms with Gasteiger partial charge in [-0.3, -0.25) is 4.90 Å². The summed E-state index contributed by atoms with van der Waals surface area (Å²) in [4.78, 5) is 16.8. The fourth-order valence-electron chi connectivity index (χ4n) is 3.42. The van der Waals surface area contributed by atoms with Gasteiger partial charge in [-0.2, -0.15) is 0 Å². The minimum absolute atomic E-state index is 0.160. The lowest BCUT2D eigenvalue weighted by Crippen LogP contribution is -2.56. The van der Waals surface area contributed by atoms with Crippen molar-refractivity contribution in [2.75, 3.05) is 18.0 Å². The number of hydrogen-bond donors (Lipinski definition) is 0. The Morgan fingerprint density at radius 3 is 2.32 bits per heavy atom. The zero-order chi connectivity index (χ0) is 15.9. The quantitative estimate of drug-likeness (QED) is 0.751. The van der Waals surface area contributed by atoms with Crippen molar-refractivity contribution >= 4 is 27.7 Å². The van der Waals surface area contributed by atoms with Crippen LogP contribution < -0.4 is 4.90 Å². The number of halogens is 1. The summed E-state index contributed by atoms with van der Waals surface area (Å²) < 4.78 is 6.69. The fraction of sp³-hybridized carbons (Fsp3) is 0.588. The average molecular weight is 367 g/mol. The number of carbonyl (C=O) groups excluding carboxylic acids is 1. The molecule has 2 bridgehead atoms. The van der Waals surface area contributed by atoms with Crippen LogP contribution in [0.5, 0.6) is 0 Å². The third kappa shape index (κ3) is 3.09. The van der Waals surface area contributed by atoms with Gasteiger partial charge in [-0.05, 0) is 61.7 Å². The fourth-order valence-corrected chi connectivity index (χ4v) is 3.96. The molecule has 2 fully saturated rings. The normalized spacial score (nSPS) is 24.5. The molecule has 2 heterocycles. The molecule has 0 radical (unpaired) electrons. The molecule has 1 aromatic rings. The minimum atomic E-state index is -0.434. The predicted molar refractivity (Wildman–Crippen MR) is 91.2 cm³/mol. The first-order valence-corrected chi connectivity index (χ1v) is 8.65. The second-order valence-electron chi connectivity index (χ2n) is 7.13. The molecule has 2 aliphatic heterocycles. The molecule has 0 spiro atoms. The number of ether oxygens (including phenoxy) is 1. The van der Waals surface area contributed by atoms with E-state index in [1.54, 1.807) is 0 Å². The van der Waals surface area contributed by atoms with Crippen LogP contribution in [0.1, 0.15) is 33.6 Å². The Labute approximate surface area is 140 Å². The molecule has 22 heavy (non-hydrogen) atoms. The van der Waals surface area contributed by atoms with Crippen LogP contribution in [0.25, 0.3) is 0 Å². The molecule has 2 atom stereocenters. The number of rotatable bonds is 1. The molecular weight excluding hydrogens is 344 g/mol. The van der Waals surface area contributed by atoms with Gasteiger partial charge in [0.25, 0.3) is 0 Å². The maximum absolute atomic E-state index is 12.5. The van der Waals surface area contributed by atoms with Crippen LogP contribution in [0, 0.1) is 0 Å². The monoisotopic (exact) mass is 366 g/mol. The molecule has 2 saturated heterocycles. The average Bonchev–Trinajstić information content (AvgIpc) is 2.68. The van der Waals surface area contributed by atoms with Crippen molar-refractivity contribution in [3.8, 4) is 0 Å². The van der Waals surface area contributed by atoms with Crippen LogP contribution in [-0.4, -0.2) is 41.8 Å². The van der Waals surface area contributed by atoms with E-state index in [-0.39, 0.29) is 18.2 Å². The van der Waals surface area contributed by atoms with Crippen LogP contribution in [-0.2, 0) is 4.74 Å². The molecule has 0 saturated carbocycles. The Kier molecular flexibility index (Phi) is 4.10. The van der Waals surface area contributed by atoms with E-state index in [0.717, 1.165) is 30.4 Å². The number of benzene rings is 1. The van der Waals surface area contributed by atoms with E-state index < -0.39 is 5.60 Å². The molecule has 4 nitrogen and oxygen atoms in total. The molecule has 1 aromatic carbocycles. The summed E-state index contributed by atoms with van der Waals surface area (Å²) in [6, 6.07) is 8.78. The van der Waals surface area contributed by atoms with E-state index in [9.17, 15) is 4.79 Å². The van der Waals surface area contributed by atoms with Crippen LogP contribution in [0.15, 0.2) is 28.7 Å². The van der Waals surface area contributed by atoms with Crippen LogP contribution in [0.4, 0.5) is 10.5 Å². The van der Waals surface area contributed by atoms with Crippen molar-refractivity contribution in [1.29, 1.82) is 0 Å². The van der Waals surface area contributed by atoms with Crippen molar-refractivity contribution in [3.63, 3.8) is 0 Å². The van der Waals surface area contributed by atoms with Gasteiger partial charge in [0.2, 0.25) is 0 Å². The van der Waals surface area contributed by atoms with Crippen molar-refractivity contribution in [2.45, 2.75) is 51.3 Å². The zero-order valence-electron chi connectivity index (χ0n) is 13.4. The first kappa shape index (κ1) is 15.7. The van der Waals surface area contributed by atoms with Crippen LogP contribution in [0.3, 0.4) is 0 Å². The van der Waals surface area contributed by atoms with E-state index in [2.05, 4.69) is 39.0 Å². The van der Waals surface area contributed by atoms with Crippen LogP contribution >= 0.6 is 15.9 Å². The van der Waals surface area contributed by atoms with Crippen molar-refractivity contribution in [2.24, 2.45) is 0 Å². The van der Waals surface area contributed by atoms with Crippen molar-refractivity contribution in [3.05, 3.63) is 28.7 Å². The predicted octanol–water partition coefficient (Wildman–Crippen LogP) is 4.04. The van der Waals surface area contributed by atoms with Gasteiger partial charge >= 0.3 is 6.09 Å². The van der Waals surface area contributed by atoms with Gasteiger partial charge in [0.1, 0.15) is 5.60 Å². The first-order valence-electron chi connectivity index (χ1n) is 7.86. The van der Waals surface area contributed by atoms with Crippen LogP contribution in [0.2, 0.25) is 0 Å². The molecule has 5 heteroatoms. The van der Waals surface area contributed by atoms with Gasteiger partial charge in [0.05, 0.1) is 17.8 Å². The topological polar surface area (TPSA) is 32.8 Å². The lowest BCUT2D eigenvalue weighted by atomic mass is 10.1. The highest BCUT2D eigenvalue weighted by Gasteiger charge is 2.44. The SMILES string of the molecule is CC(C)(C)OC(=O)N1C2CCC1CN(c1ccccc1Br)C2. The van der Waals surface area contributed by atoms with E-state index in [4.69, 9.17) is 4.74 Å². The number of fused-ring (bicyclic) bond motifs is 2. The standard InChI is InChI=1S/C17H23BrN2O2/c1-17(2,3)22-16(21)20-12-8-9-13(20)11-19(10-12)15-7-5-4-6-14(15)18/h4-7,12-13H,8-11H2,1-3H3. The van der Waals surface area contributed by atoms with Crippen molar-refractivity contribution < 1.29 is 9.53 Å². The van der Waals surface area contributed by atoms with E-state index >= 15 is 0 Å². The Morgan fingerprint density at radius 1 is 1.18 bits per heavy atom. The second-order valence-corrected chi connectivity index (χ2v) is 7.98. The Bertz CT molecular complexity index is 556. The molecule has 1 amide bonds. The minimum Gasteiger partial charge on any atom is -0.444 e. The molecule has 0 aliphatic carbocycles. The molecule has 0 N–H and O–H groups in total. The van der Waals surface area contributed by atoms with Gasteiger partial charge in [-0.25, -0.2) is 4.79 Å². The summed E-state index contributed by atoms with van der Waals surface area (Å²) in [7, 11) is 0. The number of hydrogen-bond acceptors (Lipinski definition) is 3. The summed E-state index contributed by atoms with van der Waals surface area (Å²) in [5, 5.41) is 0. The highest BCUT2D eigenvalue weighted by atomic mass is 79.9. The molecule has 120 valence electrons. The number of carbonyl (C=O) groups is 1. The molecule has 3 rings (SSSR count). The Balaban J connectivity index is 1.74. The number of piperazine rings is 1. The largest absolute Gasteiger partial charge is 0.444 e. The highest BCUT2D eigenvalue weighted by Crippen LogP contribution is 2.36. The summed E-state index contributed by atoms with van der Waals surface area (Å²) in [6.45, 7) is 7.51. The third-order valence-corrected chi connectivity index (χ3v) is 4.95. The maximum atomic E-state index is 12.5. The third-order valence-electron chi connectivity index (χ3n) is 4.28. The lowest BCUT2D eigenvalue weighted by Gasteiger charge is -2.42. The highest BCUT2D eigenvalue weighted by molar-refractivity contribution is 9.10. The maximum Gasteiger partial charge on any atom is 0.410 e. The molecular formula is C17H23BrN2O2. The lowest BCUT2D eigenvalue weighted by molar-refractivity contribution is 0.0123. The second kappa shape index (κ2) is 5.76. The van der Waals surface area contributed by atoms with E-state index in [1.807, 2.05) is 31.7 Å². The smallest absolute Gasteiger partial charge is 0.410 e. The number of para-hydroxylation sites is 1. The van der Waals surface area contributed by atoms with Gasteiger partial charge in [-0.15, -0.1) is 0 Å². The Morgan fingerprint density at radius 2 is 1.77 bits per heavy atom. The summed E-state index contributed by atoms with van der Waals surface area (Å²) in [5.74, 6) is 0. The summed E-state index contributed by atoms with van der Waals surface area (Å²) >= 11 is 3.63. The Hall–Kier alpha value is -1.23. The van der Waals surface area contributed by atoms with Crippen molar-refractivity contribution in [1.82, 2.24) is 4.90 Å². The molecule has 0 aromatic heterocycles. The van der Waals surface area contributed by atoms with E-state index in [0.29, 0.717) is 0 Å². The zero-order valence-corrected chi connectivity index (χ0v) is 15.0. The first-order chi connectivity index (χ1) is 10.3. The van der Waals surface area contributed by atoms with Gasteiger partial charge in [0, 0.05) is 17.6 Å². The number of anilines is 1. The number of amides is 1. The molecule has 2 unspecified atom stereocenters. The van der Waals surface area contributed by atoms with Gasteiger partial charge < -0.3 is 9.64 Å². The summed E-state index contributed by atoms with van der Waals surface area (Å²) in [5.41, 5.74) is 0.777. The van der Waals surface area contributed by atoms with E-state index in [1.165, 1.54) is 5.69 Å².